The topological polar surface area (TPSA) is 106 Å². The Labute approximate surface area is 138 Å². The van der Waals surface area contributed by atoms with Crippen LogP contribution in [0.2, 0.25) is 0 Å². The Kier molecular flexibility index (Phi) is 6.63. The molecule has 9 heteroatoms. The van der Waals surface area contributed by atoms with Gasteiger partial charge in [0.05, 0.1) is 30.6 Å². The Bertz CT molecular complexity index is 495. The molecule has 0 radical (unpaired) electrons. The fourth-order valence-corrected chi connectivity index (χ4v) is 4.33. The van der Waals surface area contributed by atoms with Crippen molar-refractivity contribution in [3.8, 4) is 0 Å². The van der Waals surface area contributed by atoms with Crippen LogP contribution in [0.25, 0.3) is 0 Å². The van der Waals surface area contributed by atoms with Crippen molar-refractivity contribution < 1.29 is 17.9 Å². The number of rotatable bonds is 6. The van der Waals surface area contributed by atoms with E-state index in [9.17, 15) is 8.42 Å². The van der Waals surface area contributed by atoms with E-state index in [0.29, 0.717) is 19.6 Å². The lowest BCUT2D eigenvalue weighted by molar-refractivity contribution is -0.0440. The zero-order valence-corrected chi connectivity index (χ0v) is 14.7. The lowest BCUT2D eigenvalue weighted by Crippen LogP contribution is -2.50. The van der Waals surface area contributed by atoms with Crippen LogP contribution >= 0.6 is 0 Å². The van der Waals surface area contributed by atoms with Crippen molar-refractivity contribution >= 4 is 16.0 Å². The second-order valence-corrected chi connectivity index (χ2v) is 8.27. The van der Waals surface area contributed by atoms with Crippen molar-refractivity contribution in [2.45, 2.75) is 45.0 Å². The molecule has 2 heterocycles. The predicted molar refractivity (Wildman–Crippen MR) is 88.8 cm³/mol. The summed E-state index contributed by atoms with van der Waals surface area (Å²) in [5, 5.41) is 2.86. The summed E-state index contributed by atoms with van der Waals surface area (Å²) in [7, 11) is -3.32. The molecule has 0 aromatic rings. The van der Waals surface area contributed by atoms with Gasteiger partial charge >= 0.3 is 0 Å². The van der Waals surface area contributed by atoms with Gasteiger partial charge in [-0.2, -0.15) is 4.31 Å². The van der Waals surface area contributed by atoms with Crippen LogP contribution in [0.3, 0.4) is 0 Å². The lowest BCUT2D eigenvalue weighted by Gasteiger charge is -2.34. The average Bonchev–Trinajstić information content (AvgIpc) is 2.97. The molecule has 8 nitrogen and oxygen atoms in total. The van der Waals surface area contributed by atoms with E-state index in [1.807, 2.05) is 13.8 Å². The van der Waals surface area contributed by atoms with Crippen LogP contribution in [0.5, 0.6) is 0 Å². The van der Waals surface area contributed by atoms with Gasteiger partial charge in [-0.3, -0.25) is 4.99 Å². The molecule has 0 unspecified atom stereocenters. The highest BCUT2D eigenvalue weighted by atomic mass is 32.2. The Morgan fingerprint density at radius 1 is 1.35 bits per heavy atom. The van der Waals surface area contributed by atoms with E-state index in [-0.39, 0.29) is 36.6 Å². The number of sulfonamides is 1. The van der Waals surface area contributed by atoms with Gasteiger partial charge < -0.3 is 20.5 Å². The maximum absolute atomic E-state index is 12.4. The first-order valence-electron chi connectivity index (χ1n) is 8.15. The summed E-state index contributed by atoms with van der Waals surface area (Å²) in [4.78, 5) is 4.19. The van der Waals surface area contributed by atoms with Crippen LogP contribution in [0, 0.1) is 0 Å². The van der Waals surface area contributed by atoms with Gasteiger partial charge in [0, 0.05) is 26.2 Å². The fourth-order valence-electron chi connectivity index (χ4n) is 2.84. The summed E-state index contributed by atoms with van der Waals surface area (Å²) in [6.45, 7) is 6.10. The largest absolute Gasteiger partial charge is 0.376 e. The smallest absolute Gasteiger partial charge is 0.216 e. The lowest BCUT2D eigenvalue weighted by atomic mass is 10.2. The number of guanidine groups is 1. The maximum atomic E-state index is 12.4. The molecule has 23 heavy (non-hydrogen) atoms. The monoisotopic (exact) mass is 348 g/mol. The molecular weight excluding hydrogens is 320 g/mol. The molecule has 0 saturated carbocycles. The van der Waals surface area contributed by atoms with E-state index in [1.165, 1.54) is 4.31 Å². The number of nitrogens with two attached hydrogens (primary N) is 1. The summed E-state index contributed by atoms with van der Waals surface area (Å²) in [5.41, 5.74) is 5.76. The van der Waals surface area contributed by atoms with Crippen molar-refractivity contribution in [2.24, 2.45) is 10.7 Å². The highest BCUT2D eigenvalue weighted by molar-refractivity contribution is 7.89. The third-order valence-electron chi connectivity index (χ3n) is 3.93. The molecule has 0 aromatic carbocycles. The summed E-state index contributed by atoms with van der Waals surface area (Å²) < 4.78 is 37.2. The molecule has 2 aliphatic heterocycles. The van der Waals surface area contributed by atoms with Gasteiger partial charge in [0.25, 0.3) is 0 Å². The molecule has 2 rings (SSSR count). The molecule has 0 amide bonds. The Morgan fingerprint density at radius 3 is 2.65 bits per heavy atom. The summed E-state index contributed by atoms with van der Waals surface area (Å²) >= 11 is 0. The highest BCUT2D eigenvalue weighted by Crippen LogP contribution is 2.14. The van der Waals surface area contributed by atoms with Gasteiger partial charge in [-0.25, -0.2) is 8.42 Å². The minimum Gasteiger partial charge on any atom is -0.376 e. The number of hydrogen-bond donors (Lipinski definition) is 2. The van der Waals surface area contributed by atoms with Crippen molar-refractivity contribution in [3.05, 3.63) is 0 Å². The molecule has 0 spiro atoms. The van der Waals surface area contributed by atoms with Gasteiger partial charge in [0.1, 0.15) is 0 Å². The zero-order chi connectivity index (χ0) is 16.9. The van der Waals surface area contributed by atoms with Crippen LogP contribution < -0.4 is 11.1 Å². The molecular formula is C14H28N4O4S. The molecule has 2 saturated heterocycles. The average molecular weight is 348 g/mol. The van der Waals surface area contributed by atoms with E-state index in [2.05, 4.69) is 10.3 Å². The zero-order valence-electron chi connectivity index (χ0n) is 13.9. The van der Waals surface area contributed by atoms with Gasteiger partial charge in [0.15, 0.2) is 5.96 Å². The van der Waals surface area contributed by atoms with Gasteiger partial charge in [-0.05, 0) is 26.7 Å². The highest BCUT2D eigenvalue weighted by Gasteiger charge is 2.30. The molecule has 2 fully saturated rings. The van der Waals surface area contributed by atoms with Crippen molar-refractivity contribution in [1.29, 1.82) is 0 Å². The van der Waals surface area contributed by atoms with Crippen LogP contribution in [-0.2, 0) is 19.5 Å². The molecule has 2 aliphatic rings. The SMILES string of the molecule is C[C@@H]1CN(S(=O)(=O)CCNC(N)=NC[C@H]2CCCO2)C[C@H](C)O1. The van der Waals surface area contributed by atoms with E-state index in [1.54, 1.807) is 0 Å². The molecule has 3 N–H and O–H groups in total. The summed E-state index contributed by atoms with van der Waals surface area (Å²) in [6, 6.07) is 0. The van der Waals surface area contributed by atoms with E-state index >= 15 is 0 Å². The van der Waals surface area contributed by atoms with E-state index in [0.717, 1.165) is 19.4 Å². The number of aliphatic imine (C=N–C) groups is 1. The normalized spacial score (nSPS) is 30.5. The third kappa shape index (κ3) is 5.91. The standard InChI is InChI=1S/C14H28N4O4S/c1-11-9-18(10-12(2)22-11)23(19,20)7-5-16-14(15)17-8-13-4-3-6-21-13/h11-13H,3-10H2,1-2H3,(H3,15,16,17)/t11-,12+,13-/m1/s1. The number of nitrogens with zero attached hydrogens (tertiary/aromatic N) is 2. The summed E-state index contributed by atoms with van der Waals surface area (Å²) in [6.07, 6.45) is 2.02. The van der Waals surface area contributed by atoms with E-state index in [4.69, 9.17) is 15.2 Å². The second kappa shape index (κ2) is 8.27. The minimum absolute atomic E-state index is 0.0113. The molecule has 0 bridgehead atoms. The summed E-state index contributed by atoms with van der Waals surface area (Å²) in [5.74, 6) is 0.252. The molecule has 0 aromatic heterocycles. The number of ether oxygens (including phenoxy) is 2. The first kappa shape index (κ1) is 18.4. The Hall–Kier alpha value is -0.900. The Morgan fingerprint density at radius 2 is 2.04 bits per heavy atom. The van der Waals surface area contributed by atoms with Crippen molar-refractivity contribution in [2.75, 3.05) is 38.5 Å². The number of hydrogen-bond acceptors (Lipinski definition) is 5. The predicted octanol–water partition coefficient (Wildman–Crippen LogP) is -0.491. The van der Waals surface area contributed by atoms with E-state index < -0.39 is 10.0 Å². The maximum Gasteiger partial charge on any atom is 0.216 e. The van der Waals surface area contributed by atoms with Gasteiger partial charge in [-0.15, -0.1) is 0 Å². The molecule has 3 atom stereocenters. The quantitative estimate of drug-likeness (QED) is 0.495. The van der Waals surface area contributed by atoms with Crippen molar-refractivity contribution in [1.82, 2.24) is 9.62 Å². The third-order valence-corrected chi connectivity index (χ3v) is 5.74. The van der Waals surface area contributed by atoms with Crippen molar-refractivity contribution in [3.63, 3.8) is 0 Å². The van der Waals surface area contributed by atoms with Gasteiger partial charge in [-0.1, -0.05) is 0 Å². The molecule has 134 valence electrons. The van der Waals surface area contributed by atoms with Crippen LogP contribution in [-0.4, -0.2) is 75.5 Å². The van der Waals surface area contributed by atoms with Crippen LogP contribution in [0.15, 0.2) is 4.99 Å². The first-order valence-corrected chi connectivity index (χ1v) is 9.76. The second-order valence-electron chi connectivity index (χ2n) is 6.18. The molecule has 0 aliphatic carbocycles. The first-order chi connectivity index (χ1) is 10.9. The minimum atomic E-state index is -3.32. The fraction of sp³-hybridized carbons (Fsp3) is 0.929. The number of nitrogens with one attached hydrogen (secondary N) is 1. The Balaban J connectivity index is 1.74. The number of morpholine rings is 1. The van der Waals surface area contributed by atoms with Crippen LogP contribution in [0.4, 0.5) is 0 Å². The van der Waals surface area contributed by atoms with Crippen LogP contribution in [0.1, 0.15) is 26.7 Å². The van der Waals surface area contributed by atoms with Gasteiger partial charge in [0.2, 0.25) is 10.0 Å².